The van der Waals surface area contributed by atoms with E-state index in [1.807, 2.05) is 0 Å². The molecule has 0 unspecified atom stereocenters. The van der Waals surface area contributed by atoms with Crippen molar-refractivity contribution < 1.29 is 19.0 Å². The lowest BCUT2D eigenvalue weighted by atomic mass is 9.95. The lowest BCUT2D eigenvalue weighted by Gasteiger charge is -2.19. The van der Waals surface area contributed by atoms with E-state index in [9.17, 15) is 9.18 Å². The number of aliphatic carboxylic acids is 1. The van der Waals surface area contributed by atoms with Crippen molar-refractivity contribution in [3.63, 3.8) is 0 Å². The van der Waals surface area contributed by atoms with E-state index in [-0.39, 0.29) is 17.9 Å². The summed E-state index contributed by atoms with van der Waals surface area (Å²) >= 11 is 0. The molecule has 0 aromatic heterocycles. The Labute approximate surface area is 98.2 Å². The number of rotatable bonds is 4. The van der Waals surface area contributed by atoms with E-state index in [0.29, 0.717) is 0 Å². The second kappa shape index (κ2) is 4.83. The number of benzene rings is 1. The maximum atomic E-state index is 13.2. The topological polar surface area (TPSA) is 70.3 Å². The first-order valence-corrected chi connectivity index (χ1v) is 4.92. The monoisotopic (exact) mass is 237 g/mol. The van der Waals surface area contributed by atoms with Crippen molar-refractivity contribution in [3.05, 3.63) is 29.6 Å². The van der Waals surface area contributed by atoms with Crippen LogP contribution in [0.25, 0.3) is 0 Å². The maximum absolute atomic E-state index is 13.2. The molecule has 0 aliphatic carbocycles. The Kier molecular flexibility index (Phi) is 3.69. The summed E-state index contributed by atoms with van der Waals surface area (Å²) < 4.78 is 18.4. The van der Waals surface area contributed by atoms with E-state index in [1.54, 1.807) is 6.07 Å². The molecule has 1 rings (SSSR count). The largest absolute Gasteiger partial charge is 0.492 e. The zero-order valence-electron chi connectivity index (χ0n) is 9.53. The Morgan fingerprint density at radius 1 is 1.59 bits per heavy atom. The van der Waals surface area contributed by atoms with Gasteiger partial charge in [-0.3, -0.25) is 4.79 Å². The third-order valence-corrected chi connectivity index (χ3v) is 2.24. The Bertz CT molecular complexity index is 477. The van der Waals surface area contributed by atoms with E-state index < -0.39 is 17.2 Å². The summed E-state index contributed by atoms with van der Waals surface area (Å²) in [7, 11) is 0. The van der Waals surface area contributed by atoms with Gasteiger partial charge in [0.2, 0.25) is 0 Å². The minimum absolute atomic E-state index is 0.0742. The number of nitrogens with zero attached hydrogens (tertiary/aromatic N) is 1. The van der Waals surface area contributed by atoms with Crippen LogP contribution in [0.1, 0.15) is 19.4 Å². The highest BCUT2D eigenvalue weighted by atomic mass is 19.1. The Hall–Kier alpha value is -2.09. The normalized spacial score (nSPS) is 10.7. The average Bonchev–Trinajstić information content (AvgIpc) is 2.26. The van der Waals surface area contributed by atoms with Crippen LogP contribution in [0.5, 0.6) is 5.75 Å². The van der Waals surface area contributed by atoms with Crippen LogP contribution in [-0.2, 0) is 4.79 Å². The summed E-state index contributed by atoms with van der Waals surface area (Å²) in [6.07, 6.45) is 0. The molecule has 0 heterocycles. The number of ether oxygens (including phenoxy) is 1. The SMILES string of the molecule is CC(C)(COc1ccc(C#N)c(F)c1)C(=O)O. The highest BCUT2D eigenvalue weighted by Crippen LogP contribution is 2.20. The second-order valence-corrected chi connectivity index (χ2v) is 4.23. The fourth-order valence-corrected chi connectivity index (χ4v) is 1.00. The lowest BCUT2D eigenvalue weighted by Crippen LogP contribution is -2.30. The Balaban J connectivity index is 2.75. The fraction of sp³-hybridized carbons (Fsp3) is 0.333. The van der Waals surface area contributed by atoms with Crippen molar-refractivity contribution >= 4 is 5.97 Å². The molecule has 0 bridgehead atoms. The molecule has 5 heteroatoms. The predicted molar refractivity (Wildman–Crippen MR) is 58.0 cm³/mol. The zero-order chi connectivity index (χ0) is 13.1. The molecule has 4 nitrogen and oxygen atoms in total. The average molecular weight is 237 g/mol. The molecule has 0 aliphatic rings. The Morgan fingerprint density at radius 2 is 2.24 bits per heavy atom. The summed E-state index contributed by atoms with van der Waals surface area (Å²) in [6.45, 7) is 2.94. The van der Waals surface area contributed by atoms with E-state index in [2.05, 4.69) is 0 Å². The number of hydrogen-bond acceptors (Lipinski definition) is 3. The molecule has 17 heavy (non-hydrogen) atoms. The molecule has 0 radical (unpaired) electrons. The summed E-state index contributed by atoms with van der Waals surface area (Å²) in [4.78, 5) is 10.8. The van der Waals surface area contributed by atoms with Crippen molar-refractivity contribution in [2.75, 3.05) is 6.61 Å². The molecule has 0 saturated carbocycles. The highest BCUT2D eigenvalue weighted by Gasteiger charge is 2.28. The van der Waals surface area contributed by atoms with E-state index in [1.165, 1.54) is 26.0 Å². The van der Waals surface area contributed by atoms with Crippen LogP contribution in [0.4, 0.5) is 4.39 Å². The number of halogens is 1. The molecule has 90 valence electrons. The maximum Gasteiger partial charge on any atom is 0.312 e. The quantitative estimate of drug-likeness (QED) is 0.871. The Morgan fingerprint density at radius 3 is 2.71 bits per heavy atom. The van der Waals surface area contributed by atoms with E-state index in [0.717, 1.165) is 6.07 Å². The third kappa shape index (κ3) is 3.18. The van der Waals surface area contributed by atoms with Gasteiger partial charge in [0.1, 0.15) is 24.2 Å². The molecule has 0 spiro atoms. The van der Waals surface area contributed by atoms with Gasteiger partial charge < -0.3 is 9.84 Å². The molecule has 1 aromatic rings. The van der Waals surface area contributed by atoms with Gasteiger partial charge >= 0.3 is 5.97 Å². The van der Waals surface area contributed by atoms with Gasteiger partial charge in [-0.2, -0.15) is 5.26 Å². The number of nitriles is 1. The van der Waals surface area contributed by atoms with Crippen molar-refractivity contribution in [1.82, 2.24) is 0 Å². The summed E-state index contributed by atoms with van der Waals surface area (Å²) in [5, 5.41) is 17.4. The minimum Gasteiger partial charge on any atom is -0.492 e. The summed E-state index contributed by atoms with van der Waals surface area (Å²) in [5.41, 5.74) is -1.13. The molecule has 0 fully saturated rings. The number of carboxylic acid groups (broad SMARTS) is 1. The van der Waals surface area contributed by atoms with Gasteiger partial charge in [0.05, 0.1) is 11.0 Å². The van der Waals surface area contributed by atoms with Crippen LogP contribution >= 0.6 is 0 Å². The summed E-state index contributed by atoms with van der Waals surface area (Å²) in [6, 6.07) is 5.47. The van der Waals surface area contributed by atoms with Gasteiger partial charge in [-0.1, -0.05) is 0 Å². The highest BCUT2D eigenvalue weighted by molar-refractivity contribution is 5.73. The minimum atomic E-state index is -1.05. The molecular weight excluding hydrogens is 225 g/mol. The van der Waals surface area contributed by atoms with Gasteiger partial charge in [0.15, 0.2) is 0 Å². The van der Waals surface area contributed by atoms with Gasteiger partial charge in [-0.25, -0.2) is 4.39 Å². The summed E-state index contributed by atoms with van der Waals surface area (Å²) in [5.74, 6) is -1.47. The smallest absolute Gasteiger partial charge is 0.312 e. The van der Waals surface area contributed by atoms with Crippen molar-refractivity contribution in [3.8, 4) is 11.8 Å². The first-order chi connectivity index (χ1) is 7.86. The van der Waals surface area contributed by atoms with E-state index in [4.69, 9.17) is 15.1 Å². The van der Waals surface area contributed by atoms with Crippen LogP contribution in [-0.4, -0.2) is 17.7 Å². The molecule has 1 N–H and O–H groups in total. The number of carboxylic acids is 1. The van der Waals surface area contributed by atoms with Crippen LogP contribution in [0, 0.1) is 22.6 Å². The second-order valence-electron chi connectivity index (χ2n) is 4.23. The van der Waals surface area contributed by atoms with Gasteiger partial charge in [-0.05, 0) is 26.0 Å². The van der Waals surface area contributed by atoms with Crippen molar-refractivity contribution in [2.24, 2.45) is 5.41 Å². The van der Waals surface area contributed by atoms with Gasteiger partial charge in [-0.15, -0.1) is 0 Å². The predicted octanol–water partition coefficient (Wildman–Crippen LogP) is 2.19. The number of hydrogen-bond donors (Lipinski definition) is 1. The fourth-order valence-electron chi connectivity index (χ4n) is 1.00. The lowest BCUT2D eigenvalue weighted by molar-refractivity contribution is -0.148. The van der Waals surface area contributed by atoms with Crippen molar-refractivity contribution in [1.29, 1.82) is 5.26 Å². The van der Waals surface area contributed by atoms with Crippen LogP contribution < -0.4 is 4.74 Å². The molecule has 1 aromatic carbocycles. The standard InChI is InChI=1S/C12H12FNO3/c1-12(2,11(15)16)7-17-9-4-3-8(6-14)10(13)5-9/h3-5H,7H2,1-2H3,(H,15,16). The molecule has 0 aliphatic heterocycles. The van der Waals surface area contributed by atoms with Crippen molar-refractivity contribution in [2.45, 2.75) is 13.8 Å². The van der Waals surface area contributed by atoms with Crippen LogP contribution in [0.15, 0.2) is 18.2 Å². The third-order valence-electron chi connectivity index (χ3n) is 2.24. The van der Waals surface area contributed by atoms with Crippen LogP contribution in [0.3, 0.4) is 0 Å². The van der Waals surface area contributed by atoms with E-state index >= 15 is 0 Å². The first-order valence-electron chi connectivity index (χ1n) is 4.92. The molecule has 0 atom stereocenters. The molecular formula is C12H12FNO3. The van der Waals surface area contributed by atoms with Gasteiger partial charge in [0, 0.05) is 6.07 Å². The molecule has 0 saturated heterocycles. The first kappa shape index (κ1) is 13.0. The van der Waals surface area contributed by atoms with Gasteiger partial charge in [0.25, 0.3) is 0 Å². The van der Waals surface area contributed by atoms with Crippen LogP contribution in [0.2, 0.25) is 0 Å². The zero-order valence-corrected chi connectivity index (χ0v) is 9.53. The number of carbonyl (C=O) groups is 1. The molecule has 0 amide bonds.